The number of carbonyl (C=O) groups is 2. The van der Waals surface area contributed by atoms with E-state index in [-0.39, 0.29) is 5.91 Å². The minimum atomic E-state index is -0.925. The smallest absolute Gasteiger partial charge is 0.326 e. The van der Waals surface area contributed by atoms with Gasteiger partial charge in [-0.3, -0.25) is 4.79 Å². The lowest BCUT2D eigenvalue weighted by Gasteiger charge is -2.34. The molecule has 5 nitrogen and oxygen atoms in total. The molecule has 1 fully saturated rings. The molecule has 15 heavy (non-hydrogen) atoms. The van der Waals surface area contributed by atoms with Gasteiger partial charge in [-0.15, -0.1) is 0 Å². The zero-order valence-electron chi connectivity index (χ0n) is 8.98. The van der Waals surface area contributed by atoms with Gasteiger partial charge >= 0.3 is 5.97 Å². The number of carboxylic acids is 1. The first-order valence-corrected chi connectivity index (χ1v) is 5.36. The minimum Gasteiger partial charge on any atom is -0.480 e. The van der Waals surface area contributed by atoms with Crippen molar-refractivity contribution in [1.82, 2.24) is 4.90 Å². The van der Waals surface area contributed by atoms with Crippen molar-refractivity contribution >= 4 is 11.9 Å². The van der Waals surface area contributed by atoms with Gasteiger partial charge in [-0.2, -0.15) is 0 Å². The van der Waals surface area contributed by atoms with E-state index in [1.165, 1.54) is 4.90 Å². The maximum atomic E-state index is 11.8. The summed E-state index contributed by atoms with van der Waals surface area (Å²) in [4.78, 5) is 24.1. The summed E-state index contributed by atoms with van der Waals surface area (Å²) in [5.41, 5.74) is 5.63. The SMILES string of the molecule is CC[C@@H](N)C(=O)N1CCCCC1C(=O)O. The van der Waals surface area contributed by atoms with Gasteiger partial charge in [0.05, 0.1) is 6.04 Å². The molecule has 1 heterocycles. The Balaban J connectivity index is 2.71. The Morgan fingerprint density at radius 3 is 2.73 bits per heavy atom. The number of piperidine rings is 1. The van der Waals surface area contributed by atoms with Gasteiger partial charge in [0.25, 0.3) is 0 Å². The van der Waals surface area contributed by atoms with Crippen molar-refractivity contribution in [3.63, 3.8) is 0 Å². The number of nitrogens with two attached hydrogens (primary N) is 1. The zero-order valence-corrected chi connectivity index (χ0v) is 8.98. The van der Waals surface area contributed by atoms with Crippen molar-refractivity contribution in [2.45, 2.75) is 44.7 Å². The number of nitrogens with zero attached hydrogens (tertiary/aromatic N) is 1. The van der Waals surface area contributed by atoms with Crippen LogP contribution < -0.4 is 5.73 Å². The van der Waals surface area contributed by atoms with E-state index in [9.17, 15) is 9.59 Å². The molecule has 2 atom stereocenters. The van der Waals surface area contributed by atoms with Gasteiger partial charge in [0.2, 0.25) is 5.91 Å². The molecule has 0 aromatic rings. The standard InChI is InChI=1S/C10H18N2O3/c1-2-7(11)9(13)12-6-4-3-5-8(12)10(14)15/h7-8H,2-6,11H2,1H3,(H,14,15)/t7-,8?/m1/s1. The van der Waals surface area contributed by atoms with Gasteiger partial charge in [-0.25, -0.2) is 4.79 Å². The maximum absolute atomic E-state index is 11.8. The second-order valence-electron chi connectivity index (χ2n) is 3.90. The van der Waals surface area contributed by atoms with Gasteiger partial charge in [0.15, 0.2) is 0 Å². The summed E-state index contributed by atoms with van der Waals surface area (Å²) in [6.07, 6.45) is 2.81. The van der Waals surface area contributed by atoms with Crippen LogP contribution >= 0.6 is 0 Å². The van der Waals surface area contributed by atoms with Crippen molar-refractivity contribution in [1.29, 1.82) is 0 Å². The third kappa shape index (κ3) is 2.68. The lowest BCUT2D eigenvalue weighted by molar-refractivity contribution is -0.152. The first-order chi connectivity index (χ1) is 7.07. The van der Waals surface area contributed by atoms with Gasteiger partial charge in [-0.1, -0.05) is 6.92 Å². The molecular weight excluding hydrogens is 196 g/mol. The lowest BCUT2D eigenvalue weighted by atomic mass is 10.0. The van der Waals surface area contributed by atoms with Crippen LogP contribution in [0.4, 0.5) is 0 Å². The average Bonchev–Trinajstić information content (AvgIpc) is 2.27. The molecule has 0 aromatic carbocycles. The Hall–Kier alpha value is -1.10. The molecule has 1 aliphatic rings. The Morgan fingerprint density at radius 2 is 2.20 bits per heavy atom. The number of likely N-dealkylation sites (tertiary alicyclic amines) is 1. The number of aliphatic carboxylic acids is 1. The van der Waals surface area contributed by atoms with Crippen LogP contribution in [0.5, 0.6) is 0 Å². The van der Waals surface area contributed by atoms with Crippen molar-refractivity contribution in [3.8, 4) is 0 Å². The van der Waals surface area contributed by atoms with E-state index in [1.807, 2.05) is 6.92 Å². The Labute approximate surface area is 89.2 Å². The molecular formula is C10H18N2O3. The summed E-state index contributed by atoms with van der Waals surface area (Å²) in [6, 6.07) is -1.24. The van der Waals surface area contributed by atoms with Crippen molar-refractivity contribution in [3.05, 3.63) is 0 Å². The van der Waals surface area contributed by atoms with E-state index < -0.39 is 18.1 Å². The summed E-state index contributed by atoms with van der Waals surface area (Å²) in [6.45, 7) is 2.34. The predicted octanol–water partition coefficient (Wildman–Crippen LogP) is 0.189. The summed E-state index contributed by atoms with van der Waals surface area (Å²) < 4.78 is 0. The number of hydrogen-bond acceptors (Lipinski definition) is 3. The molecule has 3 N–H and O–H groups in total. The van der Waals surface area contributed by atoms with Gasteiger partial charge in [0, 0.05) is 6.54 Å². The molecule has 5 heteroatoms. The largest absolute Gasteiger partial charge is 0.480 e. The minimum absolute atomic E-state index is 0.232. The van der Waals surface area contributed by atoms with E-state index in [0.717, 1.165) is 12.8 Å². The summed E-state index contributed by atoms with van der Waals surface area (Å²) in [7, 11) is 0. The first kappa shape index (κ1) is 12.0. The third-order valence-electron chi connectivity index (χ3n) is 2.83. The number of carbonyl (C=O) groups excluding carboxylic acids is 1. The molecule has 86 valence electrons. The molecule has 1 saturated heterocycles. The normalized spacial score (nSPS) is 23.6. The van der Waals surface area contributed by atoms with Gasteiger partial charge < -0.3 is 15.7 Å². The highest BCUT2D eigenvalue weighted by atomic mass is 16.4. The number of hydrogen-bond donors (Lipinski definition) is 2. The Bertz CT molecular complexity index is 255. The van der Waals surface area contributed by atoms with E-state index in [2.05, 4.69) is 0 Å². The molecule has 0 bridgehead atoms. The van der Waals surface area contributed by atoms with Crippen molar-refractivity contribution in [2.24, 2.45) is 5.73 Å². The third-order valence-corrected chi connectivity index (χ3v) is 2.83. The van der Waals surface area contributed by atoms with Gasteiger partial charge in [-0.05, 0) is 25.7 Å². The van der Waals surface area contributed by atoms with Crippen LogP contribution in [0, 0.1) is 0 Å². The van der Waals surface area contributed by atoms with Crippen LogP contribution in [0.2, 0.25) is 0 Å². The summed E-state index contributed by atoms with van der Waals surface area (Å²) in [5.74, 6) is -1.16. The Morgan fingerprint density at radius 1 is 1.53 bits per heavy atom. The molecule has 1 rings (SSSR count). The lowest BCUT2D eigenvalue weighted by Crippen LogP contribution is -2.53. The fourth-order valence-corrected chi connectivity index (χ4v) is 1.84. The van der Waals surface area contributed by atoms with E-state index in [1.54, 1.807) is 0 Å². The highest BCUT2D eigenvalue weighted by Gasteiger charge is 2.33. The Kier molecular flexibility index (Phi) is 4.08. The zero-order chi connectivity index (χ0) is 11.4. The molecule has 0 spiro atoms. The maximum Gasteiger partial charge on any atom is 0.326 e. The van der Waals surface area contributed by atoms with E-state index >= 15 is 0 Å². The molecule has 0 aliphatic carbocycles. The van der Waals surface area contributed by atoms with Crippen LogP contribution in [0.3, 0.4) is 0 Å². The number of amides is 1. The van der Waals surface area contributed by atoms with Crippen molar-refractivity contribution < 1.29 is 14.7 Å². The van der Waals surface area contributed by atoms with Gasteiger partial charge in [0.1, 0.15) is 6.04 Å². The number of carboxylic acid groups (broad SMARTS) is 1. The monoisotopic (exact) mass is 214 g/mol. The average molecular weight is 214 g/mol. The molecule has 1 unspecified atom stereocenters. The highest BCUT2D eigenvalue weighted by Crippen LogP contribution is 2.18. The topological polar surface area (TPSA) is 83.6 Å². The van der Waals surface area contributed by atoms with Crippen LogP contribution in [0.15, 0.2) is 0 Å². The van der Waals surface area contributed by atoms with Crippen LogP contribution in [-0.4, -0.2) is 40.5 Å². The van der Waals surface area contributed by atoms with E-state index in [4.69, 9.17) is 10.8 Å². The molecule has 1 aliphatic heterocycles. The van der Waals surface area contributed by atoms with Crippen LogP contribution in [0.1, 0.15) is 32.6 Å². The van der Waals surface area contributed by atoms with Crippen LogP contribution in [-0.2, 0) is 9.59 Å². The molecule has 0 saturated carbocycles. The molecule has 0 radical (unpaired) electrons. The molecule has 0 aromatic heterocycles. The second-order valence-corrected chi connectivity index (χ2v) is 3.90. The van der Waals surface area contributed by atoms with Crippen molar-refractivity contribution in [2.75, 3.05) is 6.54 Å². The fourth-order valence-electron chi connectivity index (χ4n) is 1.84. The van der Waals surface area contributed by atoms with E-state index in [0.29, 0.717) is 19.4 Å². The predicted molar refractivity (Wildman–Crippen MR) is 55.3 cm³/mol. The summed E-state index contributed by atoms with van der Waals surface area (Å²) in [5, 5.41) is 8.98. The number of rotatable bonds is 3. The molecule has 1 amide bonds. The summed E-state index contributed by atoms with van der Waals surface area (Å²) >= 11 is 0. The van der Waals surface area contributed by atoms with Crippen LogP contribution in [0.25, 0.3) is 0 Å². The highest BCUT2D eigenvalue weighted by molar-refractivity contribution is 5.87. The fraction of sp³-hybridized carbons (Fsp3) is 0.800. The quantitative estimate of drug-likeness (QED) is 0.702. The first-order valence-electron chi connectivity index (χ1n) is 5.36. The second kappa shape index (κ2) is 5.11.